The highest BCUT2D eigenvalue weighted by molar-refractivity contribution is 9.10. The largest absolute Gasteiger partial charge is 0.573 e. The number of aromatic nitrogens is 2. The van der Waals surface area contributed by atoms with Crippen molar-refractivity contribution in [1.29, 1.82) is 0 Å². The minimum Gasteiger partial charge on any atom is -0.406 e. The number of carbonyl (C=O) groups is 1. The number of aldehydes is 1. The number of halogens is 4. The lowest BCUT2D eigenvalue weighted by Crippen LogP contribution is -2.30. The Labute approximate surface area is 183 Å². The first kappa shape index (κ1) is 22.4. The molecular weight excluding hydrogens is 479 g/mol. The number of anilines is 1. The van der Waals surface area contributed by atoms with E-state index in [1.165, 1.54) is 35.5 Å². The molecule has 0 radical (unpaired) electrons. The summed E-state index contributed by atoms with van der Waals surface area (Å²) in [6.07, 6.45) is -2.91. The summed E-state index contributed by atoms with van der Waals surface area (Å²) < 4.78 is 43.4. The number of hydrogen-bond donors (Lipinski definition) is 2. The molecule has 0 aliphatic carbocycles. The third-order valence-electron chi connectivity index (χ3n) is 4.32. The number of nitrogens with two attached hydrogens (primary N) is 2. The van der Waals surface area contributed by atoms with Crippen LogP contribution in [-0.2, 0) is 7.05 Å². The smallest absolute Gasteiger partial charge is 0.406 e. The van der Waals surface area contributed by atoms with Crippen molar-refractivity contribution in [1.82, 2.24) is 9.78 Å². The summed E-state index contributed by atoms with van der Waals surface area (Å²) in [5.41, 5.74) is 8.64. The maximum absolute atomic E-state index is 12.4. The summed E-state index contributed by atoms with van der Waals surface area (Å²) in [5.74, 6) is 6.01. The van der Waals surface area contributed by atoms with E-state index in [1.54, 1.807) is 36.0 Å². The summed E-state index contributed by atoms with van der Waals surface area (Å²) in [5, 5.41) is 5.42. The van der Waals surface area contributed by atoms with E-state index in [0.717, 1.165) is 4.47 Å². The molecule has 0 unspecified atom stereocenters. The van der Waals surface area contributed by atoms with Gasteiger partial charge in [0.1, 0.15) is 11.4 Å². The van der Waals surface area contributed by atoms with Crippen molar-refractivity contribution in [3.05, 3.63) is 70.5 Å². The Morgan fingerprint density at radius 2 is 1.87 bits per heavy atom. The maximum Gasteiger partial charge on any atom is 0.573 e. The SMILES string of the molecule is Cn1nc(C=O)cc1-c1ccc(Br)cc1N(N)/C(=C\N)c1ccc(OC(F)(F)F)cc1. The molecule has 1 aromatic heterocycles. The Morgan fingerprint density at radius 1 is 1.19 bits per heavy atom. The van der Waals surface area contributed by atoms with E-state index in [-0.39, 0.29) is 11.4 Å². The Morgan fingerprint density at radius 3 is 2.42 bits per heavy atom. The van der Waals surface area contributed by atoms with Gasteiger partial charge in [-0.3, -0.25) is 14.5 Å². The van der Waals surface area contributed by atoms with E-state index in [9.17, 15) is 18.0 Å². The van der Waals surface area contributed by atoms with Crippen LogP contribution in [0.1, 0.15) is 16.1 Å². The van der Waals surface area contributed by atoms with Gasteiger partial charge in [0, 0.05) is 28.8 Å². The number of ether oxygens (including phenoxy) is 1. The molecule has 1 heterocycles. The number of carbonyl (C=O) groups excluding carboxylic acids is 1. The molecule has 0 aliphatic heterocycles. The molecule has 0 saturated carbocycles. The lowest BCUT2D eigenvalue weighted by Gasteiger charge is -2.25. The number of nitrogens with zero attached hydrogens (tertiary/aromatic N) is 3. The van der Waals surface area contributed by atoms with Crippen LogP contribution in [0.2, 0.25) is 0 Å². The fraction of sp³-hybridized carbons (Fsp3) is 0.100. The van der Waals surface area contributed by atoms with Crippen LogP contribution in [-0.4, -0.2) is 22.4 Å². The minimum absolute atomic E-state index is 0.254. The lowest BCUT2D eigenvalue weighted by atomic mass is 10.1. The molecule has 0 amide bonds. The number of benzene rings is 2. The zero-order valence-corrected chi connectivity index (χ0v) is 17.7. The maximum atomic E-state index is 12.4. The first-order valence-corrected chi connectivity index (χ1v) is 9.54. The molecule has 0 bridgehead atoms. The van der Waals surface area contributed by atoms with Gasteiger partial charge in [-0.1, -0.05) is 15.9 Å². The van der Waals surface area contributed by atoms with Crippen LogP contribution in [0, 0.1) is 0 Å². The van der Waals surface area contributed by atoms with E-state index in [1.807, 2.05) is 0 Å². The summed E-state index contributed by atoms with van der Waals surface area (Å²) >= 11 is 3.40. The highest BCUT2D eigenvalue weighted by atomic mass is 79.9. The fourth-order valence-electron chi connectivity index (χ4n) is 2.99. The van der Waals surface area contributed by atoms with Crippen molar-refractivity contribution in [2.75, 3.05) is 5.01 Å². The van der Waals surface area contributed by atoms with Gasteiger partial charge in [-0.05, 0) is 48.5 Å². The second kappa shape index (κ2) is 8.82. The third kappa shape index (κ3) is 5.06. The summed E-state index contributed by atoms with van der Waals surface area (Å²) in [7, 11) is 1.69. The fourth-order valence-corrected chi connectivity index (χ4v) is 3.34. The molecule has 11 heteroatoms. The molecule has 0 saturated heterocycles. The average molecular weight is 496 g/mol. The average Bonchev–Trinajstić information content (AvgIpc) is 3.09. The van der Waals surface area contributed by atoms with Crippen LogP contribution in [0.3, 0.4) is 0 Å². The predicted octanol–water partition coefficient (Wildman–Crippen LogP) is 4.20. The molecule has 0 atom stereocenters. The van der Waals surface area contributed by atoms with E-state index in [4.69, 9.17) is 11.6 Å². The standard InChI is InChI=1S/C20H17BrF3N5O2/c1-28-17(9-14(11-30)27-28)16-7-4-13(21)8-18(16)29(26)19(10-25)12-2-5-15(6-3-12)31-20(22,23)24/h2-11H,25-26H2,1H3/b19-10-. The molecule has 4 N–H and O–H groups in total. The van der Waals surface area contributed by atoms with Crippen molar-refractivity contribution in [2.24, 2.45) is 18.6 Å². The van der Waals surface area contributed by atoms with Crippen molar-refractivity contribution >= 4 is 33.6 Å². The molecular formula is C20H17BrF3N5O2. The van der Waals surface area contributed by atoms with Gasteiger partial charge in [-0.25, -0.2) is 5.84 Å². The molecule has 31 heavy (non-hydrogen) atoms. The van der Waals surface area contributed by atoms with E-state index in [0.29, 0.717) is 34.5 Å². The van der Waals surface area contributed by atoms with Gasteiger partial charge >= 0.3 is 6.36 Å². The van der Waals surface area contributed by atoms with Gasteiger partial charge in [0.2, 0.25) is 0 Å². The van der Waals surface area contributed by atoms with Gasteiger partial charge in [0.25, 0.3) is 0 Å². The monoisotopic (exact) mass is 495 g/mol. The first-order chi connectivity index (χ1) is 14.6. The van der Waals surface area contributed by atoms with Crippen LogP contribution in [0.4, 0.5) is 18.9 Å². The second-order valence-electron chi connectivity index (χ2n) is 6.35. The summed E-state index contributed by atoms with van der Waals surface area (Å²) in [4.78, 5) is 11.1. The zero-order chi connectivity index (χ0) is 22.8. The van der Waals surface area contributed by atoms with Gasteiger partial charge < -0.3 is 10.5 Å². The van der Waals surface area contributed by atoms with Crippen molar-refractivity contribution in [3.63, 3.8) is 0 Å². The first-order valence-electron chi connectivity index (χ1n) is 8.75. The number of hydrogen-bond acceptors (Lipinski definition) is 6. The van der Waals surface area contributed by atoms with Crippen molar-refractivity contribution < 1.29 is 22.7 Å². The molecule has 0 aliphatic rings. The van der Waals surface area contributed by atoms with Crippen LogP contribution >= 0.6 is 15.9 Å². The third-order valence-corrected chi connectivity index (χ3v) is 4.81. The summed E-state index contributed by atoms with van der Waals surface area (Å²) in [6.45, 7) is 0. The molecule has 0 fully saturated rings. The quantitative estimate of drug-likeness (QED) is 0.302. The highest BCUT2D eigenvalue weighted by Crippen LogP contribution is 2.36. The number of rotatable bonds is 6. The van der Waals surface area contributed by atoms with Crippen LogP contribution in [0.5, 0.6) is 5.75 Å². The van der Waals surface area contributed by atoms with Crippen molar-refractivity contribution in [2.45, 2.75) is 6.36 Å². The Bertz CT molecular complexity index is 1130. The lowest BCUT2D eigenvalue weighted by molar-refractivity contribution is -0.274. The van der Waals surface area contributed by atoms with Gasteiger partial charge in [0.15, 0.2) is 6.29 Å². The number of hydrazine groups is 1. The predicted molar refractivity (Wildman–Crippen MR) is 114 cm³/mol. The van der Waals surface area contributed by atoms with Crippen LogP contribution in [0.25, 0.3) is 17.0 Å². The van der Waals surface area contributed by atoms with E-state index >= 15 is 0 Å². The molecule has 2 aromatic carbocycles. The van der Waals surface area contributed by atoms with E-state index in [2.05, 4.69) is 25.8 Å². The van der Waals surface area contributed by atoms with E-state index < -0.39 is 6.36 Å². The topological polar surface area (TPSA) is 99.4 Å². The number of alkyl halides is 3. The molecule has 7 nitrogen and oxygen atoms in total. The molecule has 0 spiro atoms. The van der Waals surface area contributed by atoms with Gasteiger partial charge in [-0.15, -0.1) is 13.2 Å². The van der Waals surface area contributed by atoms with Crippen LogP contribution in [0.15, 0.2) is 59.2 Å². The van der Waals surface area contributed by atoms with Crippen molar-refractivity contribution in [3.8, 4) is 17.0 Å². The number of aryl methyl sites for hydroxylation is 1. The minimum atomic E-state index is -4.79. The Hall–Kier alpha value is -3.31. The normalized spacial score (nSPS) is 12.0. The van der Waals surface area contributed by atoms with Crippen LogP contribution < -0.4 is 21.3 Å². The Kier molecular flexibility index (Phi) is 6.37. The molecule has 162 valence electrons. The summed E-state index contributed by atoms with van der Waals surface area (Å²) in [6, 6.07) is 12.1. The molecule has 3 aromatic rings. The Balaban J connectivity index is 2.01. The zero-order valence-electron chi connectivity index (χ0n) is 16.1. The molecule has 3 rings (SSSR count). The van der Waals surface area contributed by atoms with Gasteiger partial charge in [0.05, 0.1) is 17.1 Å². The second-order valence-corrected chi connectivity index (χ2v) is 7.27. The van der Waals surface area contributed by atoms with Gasteiger partial charge in [-0.2, -0.15) is 5.10 Å². The highest BCUT2D eigenvalue weighted by Gasteiger charge is 2.31.